The van der Waals surface area contributed by atoms with Crippen LogP contribution in [0.5, 0.6) is 0 Å². The first-order valence-electron chi connectivity index (χ1n) is 7.31. The lowest BCUT2D eigenvalue weighted by Crippen LogP contribution is -2.36. The molecule has 0 saturated carbocycles. The second kappa shape index (κ2) is 8.21. The molecule has 1 N–H and O–H groups in total. The number of hydrogen-bond acceptors (Lipinski definition) is 5. The smallest absolute Gasteiger partial charge is 0.339 e. The van der Waals surface area contributed by atoms with Gasteiger partial charge in [0.15, 0.2) is 6.10 Å². The summed E-state index contributed by atoms with van der Waals surface area (Å²) in [5, 5.41) is 4.34. The van der Waals surface area contributed by atoms with Crippen LogP contribution in [0.25, 0.3) is 0 Å². The third-order valence-corrected chi connectivity index (χ3v) is 4.08. The number of thiophene rings is 1. The van der Waals surface area contributed by atoms with Crippen LogP contribution < -0.4 is 5.32 Å². The maximum atomic E-state index is 12.5. The third kappa shape index (κ3) is 4.17. The van der Waals surface area contributed by atoms with Gasteiger partial charge in [0.25, 0.3) is 5.91 Å². The molecule has 1 atom stereocenters. The van der Waals surface area contributed by atoms with Crippen molar-refractivity contribution in [2.75, 3.05) is 6.54 Å². The van der Waals surface area contributed by atoms with E-state index in [0.717, 1.165) is 0 Å². The highest BCUT2D eigenvalue weighted by atomic mass is 32.1. The molecule has 0 fully saturated rings. The van der Waals surface area contributed by atoms with Crippen LogP contribution in [-0.4, -0.2) is 30.3 Å². The number of nitrogens with one attached hydrogen (secondary N) is 1. The summed E-state index contributed by atoms with van der Waals surface area (Å²) in [6.45, 7) is 5.26. The fourth-order valence-electron chi connectivity index (χ4n) is 1.99. The molecule has 1 amide bonds. The molecular weight excluding hydrogens is 326 g/mol. The van der Waals surface area contributed by atoms with E-state index in [1.54, 1.807) is 35.7 Å². The van der Waals surface area contributed by atoms with E-state index in [2.05, 4.69) is 11.9 Å². The molecule has 0 aliphatic rings. The maximum Gasteiger partial charge on any atom is 0.339 e. The Labute approximate surface area is 144 Å². The summed E-state index contributed by atoms with van der Waals surface area (Å²) in [7, 11) is 0. The van der Waals surface area contributed by atoms with Gasteiger partial charge in [0.1, 0.15) is 0 Å². The Balaban J connectivity index is 2.17. The molecule has 1 aromatic heterocycles. The van der Waals surface area contributed by atoms with E-state index in [1.165, 1.54) is 30.4 Å². The Morgan fingerprint density at radius 1 is 1.21 bits per heavy atom. The van der Waals surface area contributed by atoms with Crippen LogP contribution in [0.3, 0.4) is 0 Å². The van der Waals surface area contributed by atoms with Crippen molar-refractivity contribution in [3.05, 3.63) is 70.4 Å². The molecule has 0 unspecified atom stereocenters. The van der Waals surface area contributed by atoms with Gasteiger partial charge in [-0.1, -0.05) is 30.3 Å². The van der Waals surface area contributed by atoms with Crippen LogP contribution in [0.15, 0.2) is 54.4 Å². The van der Waals surface area contributed by atoms with Gasteiger partial charge in [-0.05, 0) is 24.4 Å². The number of benzene rings is 1. The summed E-state index contributed by atoms with van der Waals surface area (Å²) in [4.78, 5) is 37.2. The second-order valence-electron chi connectivity index (χ2n) is 4.93. The molecule has 0 spiro atoms. The number of ether oxygens (including phenoxy) is 1. The first-order chi connectivity index (χ1) is 11.5. The summed E-state index contributed by atoms with van der Waals surface area (Å²) in [6, 6.07) is 9.87. The minimum atomic E-state index is -0.970. The summed E-state index contributed by atoms with van der Waals surface area (Å²) in [6.07, 6.45) is 0.559. The van der Waals surface area contributed by atoms with Gasteiger partial charge >= 0.3 is 5.97 Å². The van der Waals surface area contributed by atoms with Gasteiger partial charge in [0, 0.05) is 12.1 Å². The molecule has 5 nitrogen and oxygen atoms in total. The van der Waals surface area contributed by atoms with Gasteiger partial charge < -0.3 is 10.1 Å². The summed E-state index contributed by atoms with van der Waals surface area (Å²) in [5.41, 5.74) is 0.392. The monoisotopic (exact) mass is 343 g/mol. The molecule has 0 saturated heterocycles. The first kappa shape index (κ1) is 17.6. The lowest BCUT2D eigenvalue weighted by atomic mass is 10.0. The quantitative estimate of drug-likeness (QED) is 0.477. The molecule has 0 aliphatic carbocycles. The molecule has 1 aromatic carbocycles. The van der Waals surface area contributed by atoms with Crippen LogP contribution in [0.4, 0.5) is 0 Å². The first-order valence-corrected chi connectivity index (χ1v) is 8.19. The Kier molecular flexibility index (Phi) is 6.03. The third-order valence-electron chi connectivity index (χ3n) is 3.21. The summed E-state index contributed by atoms with van der Waals surface area (Å²) < 4.78 is 5.17. The SMILES string of the molecule is C=CCNC(=O)[C@@H](C)OC(=O)c1ccccc1C(=O)c1cccs1. The zero-order chi connectivity index (χ0) is 17.5. The highest BCUT2D eigenvalue weighted by Crippen LogP contribution is 2.19. The van der Waals surface area contributed by atoms with Crippen molar-refractivity contribution in [1.29, 1.82) is 0 Å². The van der Waals surface area contributed by atoms with Crippen molar-refractivity contribution in [2.45, 2.75) is 13.0 Å². The number of amides is 1. The largest absolute Gasteiger partial charge is 0.449 e. The summed E-state index contributed by atoms with van der Waals surface area (Å²) >= 11 is 1.30. The average molecular weight is 343 g/mol. The van der Waals surface area contributed by atoms with Crippen LogP contribution >= 0.6 is 11.3 Å². The normalized spacial score (nSPS) is 11.4. The number of hydrogen-bond donors (Lipinski definition) is 1. The van der Waals surface area contributed by atoms with Crippen molar-refractivity contribution < 1.29 is 19.1 Å². The Hall–Kier alpha value is -2.73. The molecule has 6 heteroatoms. The topological polar surface area (TPSA) is 72.5 Å². The number of carbonyl (C=O) groups excluding carboxylic acids is 3. The Bertz CT molecular complexity index is 752. The molecule has 2 rings (SSSR count). The molecule has 124 valence electrons. The lowest BCUT2D eigenvalue weighted by Gasteiger charge is -2.14. The van der Waals surface area contributed by atoms with E-state index < -0.39 is 18.0 Å². The van der Waals surface area contributed by atoms with Crippen LogP contribution in [0, 0.1) is 0 Å². The highest BCUT2D eigenvalue weighted by Gasteiger charge is 2.23. The van der Waals surface area contributed by atoms with Crippen LogP contribution in [-0.2, 0) is 9.53 Å². The molecule has 0 aliphatic heterocycles. The molecule has 24 heavy (non-hydrogen) atoms. The predicted molar refractivity (Wildman–Crippen MR) is 92.3 cm³/mol. The van der Waals surface area contributed by atoms with E-state index in [0.29, 0.717) is 4.88 Å². The zero-order valence-electron chi connectivity index (χ0n) is 13.2. The van der Waals surface area contributed by atoms with E-state index >= 15 is 0 Å². The van der Waals surface area contributed by atoms with Crippen LogP contribution in [0.2, 0.25) is 0 Å². The number of esters is 1. The molecule has 0 radical (unpaired) electrons. The fourth-order valence-corrected chi connectivity index (χ4v) is 2.67. The van der Waals surface area contributed by atoms with Gasteiger partial charge in [0.2, 0.25) is 5.78 Å². The van der Waals surface area contributed by atoms with Crippen molar-refractivity contribution >= 4 is 29.0 Å². The predicted octanol–water partition coefficient (Wildman–Crippen LogP) is 2.83. The number of ketones is 1. The number of rotatable bonds is 7. The Morgan fingerprint density at radius 3 is 2.54 bits per heavy atom. The number of carbonyl (C=O) groups is 3. The van der Waals surface area contributed by atoms with Gasteiger partial charge in [0.05, 0.1) is 10.4 Å². The lowest BCUT2D eigenvalue weighted by molar-refractivity contribution is -0.128. The minimum Gasteiger partial charge on any atom is -0.449 e. The van der Waals surface area contributed by atoms with E-state index in [4.69, 9.17) is 4.74 Å². The average Bonchev–Trinajstić information content (AvgIpc) is 3.13. The fraction of sp³-hybridized carbons (Fsp3) is 0.167. The van der Waals surface area contributed by atoms with Crippen molar-refractivity contribution in [2.24, 2.45) is 0 Å². The van der Waals surface area contributed by atoms with Gasteiger partial charge in [-0.3, -0.25) is 9.59 Å². The molecule has 0 bridgehead atoms. The van der Waals surface area contributed by atoms with Crippen LogP contribution in [0.1, 0.15) is 32.5 Å². The van der Waals surface area contributed by atoms with Crippen molar-refractivity contribution in [1.82, 2.24) is 5.32 Å². The van der Waals surface area contributed by atoms with Gasteiger partial charge in [-0.25, -0.2) is 4.79 Å². The molecular formula is C18H17NO4S. The van der Waals surface area contributed by atoms with Gasteiger partial charge in [-0.15, -0.1) is 17.9 Å². The Morgan fingerprint density at radius 2 is 1.92 bits per heavy atom. The zero-order valence-corrected chi connectivity index (χ0v) is 14.0. The maximum absolute atomic E-state index is 12.5. The van der Waals surface area contributed by atoms with E-state index in [1.807, 2.05) is 0 Å². The van der Waals surface area contributed by atoms with Gasteiger partial charge in [-0.2, -0.15) is 0 Å². The van der Waals surface area contributed by atoms with E-state index in [9.17, 15) is 14.4 Å². The molecule has 1 heterocycles. The molecule has 2 aromatic rings. The second-order valence-corrected chi connectivity index (χ2v) is 5.88. The van der Waals surface area contributed by atoms with Crippen molar-refractivity contribution in [3.63, 3.8) is 0 Å². The highest BCUT2D eigenvalue weighted by molar-refractivity contribution is 7.12. The minimum absolute atomic E-state index is 0.138. The van der Waals surface area contributed by atoms with E-state index in [-0.39, 0.29) is 23.5 Å². The summed E-state index contributed by atoms with van der Waals surface area (Å²) in [5.74, 6) is -1.39. The standard InChI is InChI=1S/C18H17NO4S/c1-3-10-19-17(21)12(2)23-18(22)14-8-5-4-7-13(14)16(20)15-9-6-11-24-15/h3-9,11-12H,1,10H2,2H3,(H,19,21)/t12-/m1/s1. The van der Waals surface area contributed by atoms with Crippen molar-refractivity contribution in [3.8, 4) is 0 Å².